The first-order chi connectivity index (χ1) is 8.04. The molecule has 3 N–H and O–H groups in total. The Kier molecular flexibility index (Phi) is 5.02. The third-order valence-electron chi connectivity index (χ3n) is 2.07. The molecule has 1 unspecified atom stereocenters. The van der Waals surface area contributed by atoms with E-state index >= 15 is 0 Å². The summed E-state index contributed by atoms with van der Waals surface area (Å²) in [5.41, 5.74) is 5.34. The standard InChI is InChI=1S/C10H16N4O2S/c1-3-17-6-7(2)12-9-5-4-8(14(15)16)10(11)13-9/h4-5,7H,3,6H2,1-2H3,(H3,11,12,13). The van der Waals surface area contributed by atoms with Crippen LogP contribution in [0.15, 0.2) is 12.1 Å². The van der Waals surface area contributed by atoms with Crippen molar-refractivity contribution < 1.29 is 4.92 Å². The fraction of sp³-hybridized carbons (Fsp3) is 0.500. The summed E-state index contributed by atoms with van der Waals surface area (Å²) in [5.74, 6) is 2.52. The molecule has 94 valence electrons. The number of thioether (sulfide) groups is 1. The van der Waals surface area contributed by atoms with Crippen LogP contribution in [0.5, 0.6) is 0 Å². The molecule has 0 saturated heterocycles. The van der Waals surface area contributed by atoms with Crippen molar-refractivity contribution in [2.24, 2.45) is 0 Å². The van der Waals surface area contributed by atoms with E-state index in [4.69, 9.17) is 5.73 Å². The van der Waals surface area contributed by atoms with Crippen LogP contribution in [0.4, 0.5) is 17.3 Å². The molecule has 0 fully saturated rings. The van der Waals surface area contributed by atoms with Crippen LogP contribution in [0.1, 0.15) is 13.8 Å². The average molecular weight is 256 g/mol. The van der Waals surface area contributed by atoms with Crippen LogP contribution in [0.3, 0.4) is 0 Å². The lowest BCUT2D eigenvalue weighted by Gasteiger charge is -2.13. The van der Waals surface area contributed by atoms with E-state index in [0.29, 0.717) is 5.82 Å². The van der Waals surface area contributed by atoms with Crippen molar-refractivity contribution in [1.29, 1.82) is 0 Å². The van der Waals surface area contributed by atoms with Gasteiger partial charge in [0.2, 0.25) is 5.82 Å². The van der Waals surface area contributed by atoms with Gasteiger partial charge >= 0.3 is 5.69 Å². The minimum absolute atomic E-state index is 0.0599. The minimum Gasteiger partial charge on any atom is -0.378 e. The highest BCUT2D eigenvalue weighted by molar-refractivity contribution is 7.99. The molecule has 0 saturated carbocycles. The molecule has 1 heterocycles. The zero-order valence-electron chi connectivity index (χ0n) is 9.84. The Morgan fingerprint density at radius 2 is 2.35 bits per heavy atom. The van der Waals surface area contributed by atoms with Gasteiger partial charge in [-0.05, 0) is 18.7 Å². The van der Waals surface area contributed by atoms with Crippen LogP contribution in [-0.2, 0) is 0 Å². The average Bonchev–Trinajstić information content (AvgIpc) is 2.26. The zero-order chi connectivity index (χ0) is 12.8. The molecule has 0 spiro atoms. The normalized spacial score (nSPS) is 12.1. The topological polar surface area (TPSA) is 94.1 Å². The molecular weight excluding hydrogens is 240 g/mol. The summed E-state index contributed by atoms with van der Waals surface area (Å²) in [4.78, 5) is 14.0. The number of nitrogens with one attached hydrogen (secondary N) is 1. The predicted octanol–water partition coefficient (Wildman–Crippen LogP) is 2.13. The summed E-state index contributed by atoms with van der Waals surface area (Å²) in [7, 11) is 0. The van der Waals surface area contributed by atoms with Crippen molar-refractivity contribution in [2.45, 2.75) is 19.9 Å². The summed E-state index contributed by atoms with van der Waals surface area (Å²) in [5, 5.41) is 13.7. The van der Waals surface area contributed by atoms with Gasteiger partial charge in [0.15, 0.2) is 0 Å². The Labute approximate surface area is 104 Å². The van der Waals surface area contributed by atoms with Crippen LogP contribution >= 0.6 is 11.8 Å². The summed E-state index contributed by atoms with van der Waals surface area (Å²) < 4.78 is 0. The number of rotatable bonds is 6. The van der Waals surface area contributed by atoms with Crippen molar-refractivity contribution >= 4 is 29.1 Å². The predicted molar refractivity (Wildman–Crippen MR) is 71.4 cm³/mol. The minimum atomic E-state index is -0.539. The number of pyridine rings is 1. The van der Waals surface area contributed by atoms with E-state index in [-0.39, 0.29) is 17.5 Å². The molecule has 1 rings (SSSR count). The van der Waals surface area contributed by atoms with E-state index in [1.165, 1.54) is 6.07 Å². The van der Waals surface area contributed by atoms with Gasteiger partial charge in [0, 0.05) is 17.9 Å². The van der Waals surface area contributed by atoms with Crippen LogP contribution in [0.2, 0.25) is 0 Å². The SMILES string of the molecule is CCSCC(C)Nc1ccc([N+](=O)[O-])c(N)n1. The molecule has 1 aromatic rings. The smallest absolute Gasteiger partial charge is 0.311 e. The number of nitrogen functional groups attached to an aromatic ring is 1. The van der Waals surface area contributed by atoms with Gasteiger partial charge in [-0.25, -0.2) is 4.98 Å². The summed E-state index contributed by atoms with van der Waals surface area (Å²) in [6, 6.07) is 3.18. The number of hydrogen-bond donors (Lipinski definition) is 2. The third kappa shape index (κ3) is 4.10. The summed E-state index contributed by atoms with van der Waals surface area (Å²) in [6.45, 7) is 4.13. The number of nitro groups is 1. The molecule has 17 heavy (non-hydrogen) atoms. The van der Waals surface area contributed by atoms with Gasteiger partial charge in [-0.2, -0.15) is 11.8 Å². The molecular formula is C10H16N4O2S. The van der Waals surface area contributed by atoms with Gasteiger partial charge in [0.1, 0.15) is 5.82 Å². The van der Waals surface area contributed by atoms with Crippen LogP contribution in [0.25, 0.3) is 0 Å². The first-order valence-corrected chi connectivity index (χ1v) is 6.45. The molecule has 0 aliphatic rings. The molecule has 0 aliphatic carbocycles. The fourth-order valence-electron chi connectivity index (χ4n) is 1.29. The van der Waals surface area contributed by atoms with Crippen LogP contribution < -0.4 is 11.1 Å². The first-order valence-electron chi connectivity index (χ1n) is 5.29. The van der Waals surface area contributed by atoms with Gasteiger partial charge in [-0.3, -0.25) is 10.1 Å². The molecule has 0 aromatic carbocycles. The molecule has 0 aliphatic heterocycles. The Balaban J connectivity index is 2.67. The van der Waals surface area contributed by atoms with Gasteiger partial charge in [-0.1, -0.05) is 6.92 Å². The third-order valence-corrected chi connectivity index (χ3v) is 3.21. The quantitative estimate of drug-likeness (QED) is 0.598. The van der Waals surface area contributed by atoms with E-state index in [1.807, 2.05) is 18.7 Å². The van der Waals surface area contributed by atoms with Crippen LogP contribution in [-0.4, -0.2) is 27.5 Å². The highest BCUT2D eigenvalue weighted by atomic mass is 32.2. The van der Waals surface area contributed by atoms with Gasteiger partial charge < -0.3 is 11.1 Å². The maximum absolute atomic E-state index is 10.6. The Morgan fingerprint density at radius 3 is 2.88 bits per heavy atom. The zero-order valence-corrected chi connectivity index (χ0v) is 10.7. The molecule has 0 bridgehead atoms. The van der Waals surface area contributed by atoms with E-state index in [0.717, 1.165) is 11.5 Å². The van der Waals surface area contributed by atoms with Crippen LogP contribution in [0, 0.1) is 10.1 Å². The largest absolute Gasteiger partial charge is 0.378 e. The van der Waals surface area contributed by atoms with Crippen molar-refractivity contribution in [3.8, 4) is 0 Å². The maximum Gasteiger partial charge on any atom is 0.311 e. The lowest BCUT2D eigenvalue weighted by Crippen LogP contribution is -2.19. The van der Waals surface area contributed by atoms with Crippen molar-refractivity contribution in [3.05, 3.63) is 22.2 Å². The highest BCUT2D eigenvalue weighted by Crippen LogP contribution is 2.21. The van der Waals surface area contributed by atoms with E-state index in [2.05, 4.69) is 17.2 Å². The van der Waals surface area contributed by atoms with E-state index < -0.39 is 4.92 Å². The van der Waals surface area contributed by atoms with Crippen molar-refractivity contribution in [3.63, 3.8) is 0 Å². The molecule has 0 amide bonds. The van der Waals surface area contributed by atoms with Gasteiger partial charge in [0.05, 0.1) is 4.92 Å². The molecule has 7 heteroatoms. The second-order valence-corrected chi connectivity index (χ2v) is 4.88. The number of aromatic nitrogens is 1. The molecule has 1 aromatic heterocycles. The van der Waals surface area contributed by atoms with Gasteiger partial charge in [0.25, 0.3) is 0 Å². The monoisotopic (exact) mass is 256 g/mol. The second kappa shape index (κ2) is 6.29. The number of anilines is 2. The van der Waals surface area contributed by atoms with Crippen molar-refractivity contribution in [1.82, 2.24) is 4.98 Å². The summed E-state index contributed by atoms with van der Waals surface area (Å²) in [6.07, 6.45) is 0. The Bertz CT molecular complexity index is 400. The Hall–Kier alpha value is -1.50. The molecule has 1 atom stereocenters. The number of nitrogens with zero attached hydrogens (tertiary/aromatic N) is 2. The van der Waals surface area contributed by atoms with E-state index in [1.54, 1.807) is 6.07 Å². The first kappa shape index (κ1) is 13.6. The lowest BCUT2D eigenvalue weighted by molar-refractivity contribution is -0.384. The van der Waals surface area contributed by atoms with Gasteiger partial charge in [-0.15, -0.1) is 0 Å². The Morgan fingerprint density at radius 1 is 1.65 bits per heavy atom. The molecule has 6 nitrogen and oxygen atoms in total. The second-order valence-electron chi connectivity index (χ2n) is 3.56. The van der Waals surface area contributed by atoms with E-state index in [9.17, 15) is 10.1 Å². The number of hydrogen-bond acceptors (Lipinski definition) is 6. The highest BCUT2D eigenvalue weighted by Gasteiger charge is 2.13. The number of nitrogens with two attached hydrogens (primary N) is 1. The maximum atomic E-state index is 10.6. The summed E-state index contributed by atoms with van der Waals surface area (Å²) >= 11 is 1.82. The fourth-order valence-corrected chi connectivity index (χ4v) is 1.96. The molecule has 0 radical (unpaired) electrons. The lowest BCUT2D eigenvalue weighted by atomic mass is 10.3. The van der Waals surface area contributed by atoms with Crippen molar-refractivity contribution in [2.75, 3.05) is 22.6 Å².